The SMILES string of the molecule is CC(C)NC(=O)c1nc(-c2ccccc2)n2c1C[C@@H]1CC[C@H](C2)N1C(=O)C1(C)CC1. The first kappa shape index (κ1) is 19.3. The van der Waals surface area contributed by atoms with Crippen LogP contribution in [0.15, 0.2) is 30.3 Å². The van der Waals surface area contributed by atoms with E-state index in [2.05, 4.69) is 21.7 Å². The van der Waals surface area contributed by atoms with Crippen LogP contribution in [-0.2, 0) is 17.8 Å². The molecule has 3 aliphatic rings. The molecule has 2 fully saturated rings. The summed E-state index contributed by atoms with van der Waals surface area (Å²) in [6, 6.07) is 10.4. The summed E-state index contributed by atoms with van der Waals surface area (Å²) in [5.74, 6) is 1.01. The van der Waals surface area contributed by atoms with E-state index in [-0.39, 0.29) is 29.4 Å². The smallest absolute Gasteiger partial charge is 0.271 e. The van der Waals surface area contributed by atoms with Crippen molar-refractivity contribution in [2.24, 2.45) is 5.41 Å². The molecule has 2 aromatic rings. The Morgan fingerprint density at radius 3 is 2.50 bits per heavy atom. The van der Waals surface area contributed by atoms with Crippen LogP contribution in [0.1, 0.15) is 62.6 Å². The van der Waals surface area contributed by atoms with Crippen molar-refractivity contribution in [2.75, 3.05) is 0 Å². The molecule has 1 aromatic heterocycles. The molecule has 1 saturated carbocycles. The topological polar surface area (TPSA) is 67.2 Å². The third-order valence-corrected chi connectivity index (χ3v) is 6.93. The highest BCUT2D eigenvalue weighted by Gasteiger charge is 2.52. The summed E-state index contributed by atoms with van der Waals surface area (Å²) in [4.78, 5) is 33.3. The summed E-state index contributed by atoms with van der Waals surface area (Å²) in [7, 11) is 0. The minimum atomic E-state index is -0.168. The summed E-state index contributed by atoms with van der Waals surface area (Å²) in [6.07, 6.45) is 4.70. The number of nitrogens with one attached hydrogen (secondary N) is 1. The van der Waals surface area contributed by atoms with Gasteiger partial charge in [0, 0.05) is 36.0 Å². The molecule has 5 rings (SSSR count). The zero-order valence-corrected chi connectivity index (χ0v) is 18.0. The van der Waals surface area contributed by atoms with Crippen LogP contribution in [0.4, 0.5) is 0 Å². The van der Waals surface area contributed by atoms with Crippen molar-refractivity contribution in [1.29, 1.82) is 0 Å². The average Bonchev–Trinajstić information content (AvgIpc) is 3.25. The highest BCUT2D eigenvalue weighted by Crippen LogP contribution is 2.49. The van der Waals surface area contributed by atoms with E-state index in [1.54, 1.807) is 0 Å². The van der Waals surface area contributed by atoms with Gasteiger partial charge in [0.15, 0.2) is 0 Å². The molecule has 158 valence electrons. The van der Waals surface area contributed by atoms with E-state index < -0.39 is 0 Å². The van der Waals surface area contributed by atoms with Crippen molar-refractivity contribution in [3.8, 4) is 11.4 Å². The van der Waals surface area contributed by atoms with Crippen molar-refractivity contribution in [1.82, 2.24) is 19.8 Å². The van der Waals surface area contributed by atoms with E-state index in [4.69, 9.17) is 4.98 Å². The maximum absolute atomic E-state index is 13.3. The van der Waals surface area contributed by atoms with Crippen LogP contribution in [0.25, 0.3) is 11.4 Å². The van der Waals surface area contributed by atoms with Crippen molar-refractivity contribution >= 4 is 11.8 Å². The van der Waals surface area contributed by atoms with Crippen molar-refractivity contribution in [2.45, 2.75) is 77.5 Å². The molecule has 3 heterocycles. The van der Waals surface area contributed by atoms with Gasteiger partial charge in [-0.05, 0) is 39.5 Å². The highest BCUT2D eigenvalue weighted by atomic mass is 16.2. The van der Waals surface area contributed by atoms with Crippen LogP contribution in [0, 0.1) is 5.41 Å². The number of hydrogen-bond acceptors (Lipinski definition) is 3. The number of imidazole rings is 1. The number of carbonyl (C=O) groups is 2. The number of rotatable bonds is 4. The molecule has 1 saturated heterocycles. The van der Waals surface area contributed by atoms with E-state index >= 15 is 0 Å². The largest absolute Gasteiger partial charge is 0.348 e. The molecule has 2 amide bonds. The van der Waals surface area contributed by atoms with Gasteiger partial charge in [0.1, 0.15) is 11.5 Å². The van der Waals surface area contributed by atoms with Gasteiger partial charge in [-0.25, -0.2) is 4.98 Å². The molecule has 6 heteroatoms. The predicted octanol–water partition coefficient (Wildman–Crippen LogP) is 3.40. The molecule has 6 nitrogen and oxygen atoms in total. The van der Waals surface area contributed by atoms with E-state index in [0.29, 0.717) is 24.6 Å². The second-order valence-corrected chi connectivity index (χ2v) is 9.70. The van der Waals surface area contributed by atoms with Crippen LogP contribution in [0.2, 0.25) is 0 Å². The Morgan fingerprint density at radius 1 is 1.13 bits per heavy atom. The molecular weight excluding hydrogens is 376 g/mol. The Bertz CT molecular complexity index is 990. The van der Waals surface area contributed by atoms with Crippen LogP contribution in [0.3, 0.4) is 0 Å². The molecule has 0 spiro atoms. The Morgan fingerprint density at radius 2 is 1.83 bits per heavy atom. The normalized spacial score (nSPS) is 23.8. The number of amides is 2. The first-order chi connectivity index (χ1) is 14.4. The molecule has 1 N–H and O–H groups in total. The molecule has 1 aliphatic carbocycles. The van der Waals surface area contributed by atoms with Gasteiger partial charge in [-0.1, -0.05) is 37.3 Å². The van der Waals surface area contributed by atoms with E-state index in [9.17, 15) is 9.59 Å². The van der Waals surface area contributed by atoms with Gasteiger partial charge in [-0.2, -0.15) is 0 Å². The quantitative estimate of drug-likeness (QED) is 0.846. The molecule has 2 atom stereocenters. The average molecular weight is 407 g/mol. The van der Waals surface area contributed by atoms with Crippen molar-refractivity contribution in [3.63, 3.8) is 0 Å². The summed E-state index contributed by atoms with van der Waals surface area (Å²) < 4.78 is 2.21. The molecule has 0 unspecified atom stereocenters. The Balaban J connectivity index is 1.58. The predicted molar refractivity (Wildman–Crippen MR) is 115 cm³/mol. The van der Waals surface area contributed by atoms with E-state index in [1.807, 2.05) is 44.2 Å². The minimum absolute atomic E-state index is 0.0464. The van der Waals surface area contributed by atoms with Gasteiger partial charge in [0.2, 0.25) is 5.91 Å². The monoisotopic (exact) mass is 406 g/mol. The van der Waals surface area contributed by atoms with Crippen LogP contribution in [-0.4, -0.2) is 44.4 Å². The maximum Gasteiger partial charge on any atom is 0.271 e. The first-order valence-corrected chi connectivity index (χ1v) is 11.2. The van der Waals surface area contributed by atoms with Crippen molar-refractivity contribution < 1.29 is 9.59 Å². The third-order valence-electron chi connectivity index (χ3n) is 6.93. The zero-order valence-electron chi connectivity index (χ0n) is 18.0. The number of nitrogens with zero attached hydrogens (tertiary/aromatic N) is 3. The molecule has 2 bridgehead atoms. The zero-order chi connectivity index (χ0) is 21.0. The van der Waals surface area contributed by atoms with Crippen LogP contribution in [0.5, 0.6) is 0 Å². The first-order valence-electron chi connectivity index (χ1n) is 11.2. The van der Waals surface area contributed by atoms with Gasteiger partial charge in [-0.15, -0.1) is 0 Å². The number of fused-ring (bicyclic) bond motifs is 3. The molecule has 2 aliphatic heterocycles. The molecule has 30 heavy (non-hydrogen) atoms. The molecule has 0 radical (unpaired) electrons. The van der Waals surface area contributed by atoms with Crippen molar-refractivity contribution in [3.05, 3.63) is 41.7 Å². The fourth-order valence-electron chi connectivity index (χ4n) is 5.03. The van der Waals surface area contributed by atoms with Gasteiger partial charge >= 0.3 is 0 Å². The lowest BCUT2D eigenvalue weighted by Crippen LogP contribution is -2.45. The molecule has 1 aromatic carbocycles. The number of benzene rings is 1. The third kappa shape index (κ3) is 3.13. The summed E-state index contributed by atoms with van der Waals surface area (Å²) >= 11 is 0. The fraction of sp³-hybridized carbons (Fsp3) is 0.542. The number of hydrogen-bond donors (Lipinski definition) is 1. The second-order valence-electron chi connectivity index (χ2n) is 9.70. The van der Waals surface area contributed by atoms with E-state index in [0.717, 1.165) is 42.8 Å². The van der Waals surface area contributed by atoms with Crippen LogP contribution >= 0.6 is 0 Å². The lowest BCUT2D eigenvalue weighted by Gasteiger charge is -2.31. The van der Waals surface area contributed by atoms with Gasteiger partial charge in [-0.3, -0.25) is 9.59 Å². The Labute approximate surface area is 177 Å². The van der Waals surface area contributed by atoms with Gasteiger partial charge < -0.3 is 14.8 Å². The second kappa shape index (κ2) is 6.96. The van der Waals surface area contributed by atoms with E-state index in [1.165, 1.54) is 0 Å². The highest BCUT2D eigenvalue weighted by molar-refractivity contribution is 5.94. The summed E-state index contributed by atoms with van der Waals surface area (Å²) in [6.45, 7) is 6.73. The standard InChI is InChI=1S/C24H30N4O2/c1-15(2)25-22(29)20-19-13-17-9-10-18(28(17)23(30)24(3)11-12-24)14-27(19)21(26-20)16-7-5-4-6-8-16/h4-8,15,17-18H,9-14H2,1-3H3,(H,25,29)/t17-,18+/m0/s1. The lowest BCUT2D eigenvalue weighted by atomic mass is 10.0. The van der Waals surface area contributed by atoms with Gasteiger partial charge in [0.05, 0.1) is 11.7 Å². The summed E-state index contributed by atoms with van der Waals surface area (Å²) in [5.41, 5.74) is 2.32. The molecular formula is C24H30N4O2. The Hall–Kier alpha value is -2.63. The summed E-state index contributed by atoms with van der Waals surface area (Å²) in [5, 5.41) is 3.01. The lowest BCUT2D eigenvalue weighted by molar-refractivity contribution is -0.139. The number of aromatic nitrogens is 2. The minimum Gasteiger partial charge on any atom is -0.348 e. The van der Waals surface area contributed by atoms with Crippen LogP contribution < -0.4 is 5.32 Å². The maximum atomic E-state index is 13.3. The fourth-order valence-corrected chi connectivity index (χ4v) is 5.03. The Kier molecular flexibility index (Phi) is 4.49. The van der Waals surface area contributed by atoms with Gasteiger partial charge in [0.25, 0.3) is 5.91 Å². The number of carbonyl (C=O) groups excluding carboxylic acids is 2.